The second kappa shape index (κ2) is 5.11. The largest absolute Gasteiger partial charge is 0.376 e. The molecule has 0 bridgehead atoms. The minimum Gasteiger partial charge on any atom is -0.376 e. The van der Waals surface area contributed by atoms with Crippen LogP contribution < -0.4 is 5.56 Å². The molecule has 5 nitrogen and oxygen atoms in total. The van der Waals surface area contributed by atoms with Crippen molar-refractivity contribution < 1.29 is 4.74 Å². The molecule has 3 rings (SSSR count). The molecule has 1 atom stereocenters. The average molecular weight is 259 g/mol. The summed E-state index contributed by atoms with van der Waals surface area (Å²) in [5.74, 6) is 0. The summed E-state index contributed by atoms with van der Waals surface area (Å²) in [7, 11) is 0. The van der Waals surface area contributed by atoms with E-state index in [2.05, 4.69) is 14.9 Å². The van der Waals surface area contributed by atoms with Crippen LogP contribution in [0.3, 0.4) is 0 Å². The van der Waals surface area contributed by atoms with Gasteiger partial charge in [0.15, 0.2) is 0 Å². The second-order valence-corrected chi connectivity index (χ2v) is 4.95. The minimum atomic E-state index is -0.0992. The van der Waals surface area contributed by atoms with Crippen molar-refractivity contribution in [2.24, 2.45) is 0 Å². The first-order chi connectivity index (χ1) is 9.22. The molecule has 1 fully saturated rings. The van der Waals surface area contributed by atoms with Crippen LogP contribution in [0.1, 0.15) is 12.6 Å². The number of hydrogen-bond donors (Lipinski definition) is 1. The minimum absolute atomic E-state index is 0.0992. The predicted octanol–water partition coefficient (Wildman–Crippen LogP) is 1.14. The van der Waals surface area contributed by atoms with Gasteiger partial charge in [-0.3, -0.25) is 9.69 Å². The number of fused-ring (bicyclic) bond motifs is 1. The van der Waals surface area contributed by atoms with Crippen LogP contribution in [0, 0.1) is 0 Å². The van der Waals surface area contributed by atoms with Gasteiger partial charge in [-0.25, -0.2) is 4.98 Å². The summed E-state index contributed by atoms with van der Waals surface area (Å²) in [6, 6.07) is 7.60. The Morgan fingerprint density at radius 1 is 1.47 bits per heavy atom. The van der Waals surface area contributed by atoms with Gasteiger partial charge in [0.2, 0.25) is 0 Å². The Balaban J connectivity index is 1.88. The number of para-hydroxylation sites is 2. The first kappa shape index (κ1) is 12.3. The average Bonchev–Trinajstić information content (AvgIpc) is 2.40. The molecule has 19 heavy (non-hydrogen) atoms. The summed E-state index contributed by atoms with van der Waals surface area (Å²) in [6.07, 6.45) is 0.216. The molecular formula is C14H17N3O2. The highest BCUT2D eigenvalue weighted by Gasteiger charge is 2.18. The molecule has 0 spiro atoms. The zero-order valence-corrected chi connectivity index (χ0v) is 10.9. The Hall–Kier alpha value is -1.72. The Kier molecular flexibility index (Phi) is 3.31. The van der Waals surface area contributed by atoms with Gasteiger partial charge in [0, 0.05) is 19.6 Å². The summed E-state index contributed by atoms with van der Waals surface area (Å²) in [4.78, 5) is 21.6. The summed E-state index contributed by atoms with van der Waals surface area (Å²) in [5, 5.41) is 0. The molecule has 1 N–H and O–H groups in total. The van der Waals surface area contributed by atoms with Gasteiger partial charge in [-0.05, 0) is 19.1 Å². The van der Waals surface area contributed by atoms with Crippen LogP contribution in [0.2, 0.25) is 0 Å². The summed E-state index contributed by atoms with van der Waals surface area (Å²) >= 11 is 0. The lowest BCUT2D eigenvalue weighted by Crippen LogP contribution is -2.41. The van der Waals surface area contributed by atoms with E-state index in [1.54, 1.807) is 0 Å². The molecule has 1 saturated heterocycles. The van der Waals surface area contributed by atoms with Gasteiger partial charge in [0.05, 0.1) is 23.7 Å². The van der Waals surface area contributed by atoms with Gasteiger partial charge in [-0.1, -0.05) is 12.1 Å². The van der Waals surface area contributed by atoms with E-state index in [0.717, 1.165) is 24.1 Å². The van der Waals surface area contributed by atoms with Crippen molar-refractivity contribution in [2.75, 3.05) is 19.7 Å². The number of rotatable bonds is 2. The molecular weight excluding hydrogens is 242 g/mol. The zero-order valence-electron chi connectivity index (χ0n) is 10.9. The third-order valence-corrected chi connectivity index (χ3v) is 3.37. The highest BCUT2D eigenvalue weighted by Crippen LogP contribution is 2.10. The lowest BCUT2D eigenvalue weighted by atomic mass is 10.2. The fourth-order valence-corrected chi connectivity index (χ4v) is 2.42. The van der Waals surface area contributed by atoms with E-state index in [9.17, 15) is 4.79 Å². The standard InChI is InChI=1S/C14H17N3O2/c1-10-8-17(6-7-19-10)9-13-14(18)16-12-5-3-2-4-11(12)15-13/h2-5,10H,6-9H2,1H3,(H,16,18)/t10-/m0/s1. The van der Waals surface area contributed by atoms with E-state index in [-0.39, 0.29) is 11.7 Å². The van der Waals surface area contributed by atoms with Crippen molar-refractivity contribution in [1.29, 1.82) is 0 Å². The topological polar surface area (TPSA) is 58.2 Å². The predicted molar refractivity (Wildman–Crippen MR) is 73.1 cm³/mol. The van der Waals surface area contributed by atoms with Gasteiger partial charge in [0.1, 0.15) is 5.69 Å². The number of nitrogens with one attached hydrogen (secondary N) is 1. The maximum Gasteiger partial charge on any atom is 0.271 e. The Morgan fingerprint density at radius 2 is 2.32 bits per heavy atom. The maximum absolute atomic E-state index is 12.0. The summed E-state index contributed by atoms with van der Waals surface area (Å²) in [5.41, 5.74) is 2.09. The molecule has 1 aromatic carbocycles. The number of morpholine rings is 1. The van der Waals surface area contributed by atoms with Gasteiger partial charge >= 0.3 is 0 Å². The molecule has 100 valence electrons. The molecule has 2 heterocycles. The van der Waals surface area contributed by atoms with E-state index >= 15 is 0 Å². The first-order valence-electron chi connectivity index (χ1n) is 6.54. The number of ether oxygens (including phenoxy) is 1. The van der Waals surface area contributed by atoms with Crippen LogP contribution in [0.4, 0.5) is 0 Å². The third kappa shape index (κ3) is 2.67. The van der Waals surface area contributed by atoms with Crippen molar-refractivity contribution in [2.45, 2.75) is 19.6 Å². The molecule has 0 amide bonds. The monoisotopic (exact) mass is 259 g/mol. The number of aromatic nitrogens is 2. The lowest BCUT2D eigenvalue weighted by molar-refractivity contribution is -0.0216. The van der Waals surface area contributed by atoms with Crippen molar-refractivity contribution in [1.82, 2.24) is 14.9 Å². The van der Waals surface area contributed by atoms with Crippen molar-refractivity contribution in [3.8, 4) is 0 Å². The molecule has 0 unspecified atom stereocenters. The molecule has 1 aromatic heterocycles. The smallest absolute Gasteiger partial charge is 0.271 e. The molecule has 0 saturated carbocycles. The Bertz CT molecular complexity index is 638. The maximum atomic E-state index is 12.0. The number of benzene rings is 1. The number of nitrogens with zero attached hydrogens (tertiary/aromatic N) is 2. The zero-order chi connectivity index (χ0) is 13.2. The van der Waals surface area contributed by atoms with Gasteiger partial charge in [0.25, 0.3) is 5.56 Å². The number of H-pyrrole nitrogens is 1. The SMILES string of the molecule is C[C@H]1CN(Cc2nc3ccccc3[nH]c2=O)CCO1. The van der Waals surface area contributed by atoms with E-state index in [1.807, 2.05) is 31.2 Å². The van der Waals surface area contributed by atoms with Crippen LogP contribution >= 0.6 is 0 Å². The third-order valence-electron chi connectivity index (χ3n) is 3.37. The Morgan fingerprint density at radius 3 is 3.16 bits per heavy atom. The van der Waals surface area contributed by atoms with Crippen LogP contribution in [0.25, 0.3) is 11.0 Å². The second-order valence-electron chi connectivity index (χ2n) is 4.95. The van der Waals surface area contributed by atoms with Gasteiger partial charge < -0.3 is 9.72 Å². The van der Waals surface area contributed by atoms with Crippen molar-refractivity contribution in [3.05, 3.63) is 40.3 Å². The molecule has 0 aliphatic carbocycles. The van der Waals surface area contributed by atoms with E-state index in [4.69, 9.17) is 4.74 Å². The number of aromatic amines is 1. The van der Waals surface area contributed by atoms with Crippen LogP contribution in [0.5, 0.6) is 0 Å². The summed E-state index contributed by atoms with van der Waals surface area (Å²) in [6.45, 7) is 5.02. The molecule has 0 radical (unpaired) electrons. The quantitative estimate of drug-likeness (QED) is 0.878. The van der Waals surface area contributed by atoms with E-state index in [0.29, 0.717) is 18.8 Å². The van der Waals surface area contributed by atoms with Crippen molar-refractivity contribution >= 4 is 11.0 Å². The normalized spacial score (nSPS) is 20.8. The summed E-state index contributed by atoms with van der Waals surface area (Å²) < 4.78 is 5.50. The van der Waals surface area contributed by atoms with Gasteiger partial charge in [-0.15, -0.1) is 0 Å². The highest BCUT2D eigenvalue weighted by molar-refractivity contribution is 5.73. The van der Waals surface area contributed by atoms with Crippen LogP contribution in [-0.4, -0.2) is 40.7 Å². The fourth-order valence-electron chi connectivity index (χ4n) is 2.42. The van der Waals surface area contributed by atoms with E-state index in [1.165, 1.54) is 0 Å². The van der Waals surface area contributed by atoms with Gasteiger partial charge in [-0.2, -0.15) is 0 Å². The molecule has 1 aliphatic rings. The van der Waals surface area contributed by atoms with Crippen LogP contribution in [0.15, 0.2) is 29.1 Å². The van der Waals surface area contributed by atoms with Crippen LogP contribution in [-0.2, 0) is 11.3 Å². The van der Waals surface area contributed by atoms with Crippen molar-refractivity contribution in [3.63, 3.8) is 0 Å². The highest BCUT2D eigenvalue weighted by atomic mass is 16.5. The molecule has 5 heteroatoms. The first-order valence-corrected chi connectivity index (χ1v) is 6.54. The Labute approximate surface area is 111 Å². The number of hydrogen-bond acceptors (Lipinski definition) is 4. The molecule has 2 aromatic rings. The fraction of sp³-hybridized carbons (Fsp3) is 0.429. The lowest BCUT2D eigenvalue weighted by Gasteiger charge is -2.30. The van der Waals surface area contributed by atoms with E-state index < -0.39 is 0 Å². The molecule has 1 aliphatic heterocycles.